The number of rotatable bonds is 3. The van der Waals surface area contributed by atoms with Gasteiger partial charge in [0.2, 0.25) is 0 Å². The first kappa shape index (κ1) is 14.7. The molecule has 5 heteroatoms. The summed E-state index contributed by atoms with van der Waals surface area (Å²) in [6, 6.07) is 5.27. The molecule has 0 spiro atoms. The van der Waals surface area contributed by atoms with Crippen LogP contribution in [0.5, 0.6) is 0 Å². The Balaban J connectivity index is 2.95. The molecule has 0 saturated carbocycles. The molecule has 18 heavy (non-hydrogen) atoms. The van der Waals surface area contributed by atoms with Crippen LogP contribution in [-0.2, 0) is 11.2 Å². The Morgan fingerprint density at radius 2 is 1.61 bits per heavy atom. The standard InChI is InChI=1S/C13H16F3NO/c1-8-4-9(2)6-10(5-8)7-11(18)12(3,17)13(14,15)16/h4-6H,7,17H2,1-3H3. The normalized spacial score (nSPS) is 15.3. The molecule has 0 aromatic heterocycles. The molecule has 0 fully saturated rings. The van der Waals surface area contributed by atoms with Crippen LogP contribution in [0, 0.1) is 13.8 Å². The Hall–Kier alpha value is -1.36. The Labute approximate surface area is 104 Å². The number of nitrogens with two attached hydrogens (primary N) is 1. The van der Waals surface area contributed by atoms with E-state index < -0.39 is 17.5 Å². The molecule has 100 valence electrons. The van der Waals surface area contributed by atoms with Crippen molar-refractivity contribution in [2.45, 2.75) is 38.9 Å². The number of hydrogen-bond donors (Lipinski definition) is 1. The van der Waals surface area contributed by atoms with Crippen molar-refractivity contribution in [2.24, 2.45) is 5.73 Å². The molecule has 1 rings (SSSR count). The van der Waals surface area contributed by atoms with E-state index in [9.17, 15) is 18.0 Å². The second-order valence-electron chi connectivity index (χ2n) is 4.80. The number of carbonyl (C=O) groups excluding carboxylic acids is 1. The van der Waals surface area contributed by atoms with E-state index in [1.807, 2.05) is 19.9 Å². The maximum absolute atomic E-state index is 12.6. The molecule has 0 aliphatic carbocycles. The molecule has 0 aliphatic heterocycles. The van der Waals surface area contributed by atoms with E-state index in [1.54, 1.807) is 12.1 Å². The third-order valence-electron chi connectivity index (χ3n) is 2.81. The third-order valence-corrected chi connectivity index (χ3v) is 2.81. The summed E-state index contributed by atoms with van der Waals surface area (Å²) in [5, 5.41) is 0. The van der Waals surface area contributed by atoms with Crippen LogP contribution >= 0.6 is 0 Å². The zero-order chi connectivity index (χ0) is 14.1. The molecule has 0 aliphatic rings. The van der Waals surface area contributed by atoms with E-state index in [0.717, 1.165) is 11.1 Å². The van der Waals surface area contributed by atoms with Crippen molar-refractivity contribution in [2.75, 3.05) is 0 Å². The van der Waals surface area contributed by atoms with Gasteiger partial charge in [-0.3, -0.25) is 4.79 Å². The van der Waals surface area contributed by atoms with Gasteiger partial charge in [0, 0.05) is 6.42 Å². The van der Waals surface area contributed by atoms with Crippen LogP contribution < -0.4 is 5.73 Å². The fourth-order valence-corrected chi connectivity index (χ4v) is 1.70. The van der Waals surface area contributed by atoms with Gasteiger partial charge in [0.15, 0.2) is 11.3 Å². The van der Waals surface area contributed by atoms with Crippen molar-refractivity contribution < 1.29 is 18.0 Å². The predicted molar refractivity (Wildman–Crippen MR) is 63.3 cm³/mol. The molecular weight excluding hydrogens is 243 g/mol. The largest absolute Gasteiger partial charge is 0.413 e. The first-order valence-corrected chi connectivity index (χ1v) is 5.50. The van der Waals surface area contributed by atoms with Gasteiger partial charge in [0.05, 0.1) is 0 Å². The van der Waals surface area contributed by atoms with E-state index in [4.69, 9.17) is 5.73 Å². The van der Waals surface area contributed by atoms with Gasteiger partial charge < -0.3 is 5.73 Å². The van der Waals surface area contributed by atoms with Gasteiger partial charge in [0.1, 0.15) is 0 Å². The van der Waals surface area contributed by atoms with Crippen molar-refractivity contribution in [3.63, 3.8) is 0 Å². The van der Waals surface area contributed by atoms with Crippen LogP contribution in [-0.4, -0.2) is 17.5 Å². The van der Waals surface area contributed by atoms with E-state index >= 15 is 0 Å². The monoisotopic (exact) mass is 259 g/mol. The molecule has 0 bridgehead atoms. The second kappa shape index (κ2) is 4.72. The minimum Gasteiger partial charge on any atom is -0.312 e. The molecular formula is C13H16F3NO. The van der Waals surface area contributed by atoms with Crippen LogP contribution in [0.15, 0.2) is 18.2 Å². The second-order valence-corrected chi connectivity index (χ2v) is 4.80. The fraction of sp³-hybridized carbons (Fsp3) is 0.462. The van der Waals surface area contributed by atoms with Crippen LogP contribution in [0.2, 0.25) is 0 Å². The Bertz CT molecular complexity index is 444. The van der Waals surface area contributed by atoms with E-state index in [0.29, 0.717) is 12.5 Å². The number of aryl methyl sites for hydroxylation is 2. The summed E-state index contributed by atoms with van der Waals surface area (Å²) >= 11 is 0. The van der Waals surface area contributed by atoms with Gasteiger partial charge in [-0.15, -0.1) is 0 Å². The van der Waals surface area contributed by atoms with Crippen LogP contribution in [0.4, 0.5) is 13.2 Å². The van der Waals surface area contributed by atoms with Crippen molar-refractivity contribution in [3.05, 3.63) is 34.9 Å². The summed E-state index contributed by atoms with van der Waals surface area (Å²) < 4.78 is 37.8. The highest BCUT2D eigenvalue weighted by Crippen LogP contribution is 2.29. The van der Waals surface area contributed by atoms with Crippen molar-refractivity contribution >= 4 is 5.78 Å². The molecule has 1 aromatic carbocycles. The Morgan fingerprint density at radius 1 is 1.17 bits per heavy atom. The molecule has 0 saturated heterocycles. The van der Waals surface area contributed by atoms with Crippen LogP contribution in [0.1, 0.15) is 23.6 Å². The number of hydrogen-bond acceptors (Lipinski definition) is 2. The minimum absolute atomic E-state index is 0.310. The molecule has 1 aromatic rings. The zero-order valence-electron chi connectivity index (χ0n) is 10.6. The molecule has 1 unspecified atom stereocenters. The fourth-order valence-electron chi connectivity index (χ4n) is 1.70. The van der Waals surface area contributed by atoms with Gasteiger partial charge in [0.25, 0.3) is 0 Å². The SMILES string of the molecule is Cc1cc(C)cc(CC(=O)C(C)(N)C(F)(F)F)c1. The number of benzene rings is 1. The first-order chi connectivity index (χ1) is 8.04. The summed E-state index contributed by atoms with van der Waals surface area (Å²) in [7, 11) is 0. The van der Waals surface area contributed by atoms with Gasteiger partial charge in [-0.25, -0.2) is 0 Å². The topological polar surface area (TPSA) is 43.1 Å². The summed E-state index contributed by atoms with van der Waals surface area (Å²) in [4.78, 5) is 11.7. The average molecular weight is 259 g/mol. The first-order valence-electron chi connectivity index (χ1n) is 5.50. The average Bonchev–Trinajstić information content (AvgIpc) is 2.13. The zero-order valence-corrected chi connectivity index (χ0v) is 10.6. The summed E-state index contributed by atoms with van der Waals surface area (Å²) in [6.45, 7) is 4.36. The van der Waals surface area contributed by atoms with Crippen LogP contribution in [0.25, 0.3) is 0 Å². The lowest BCUT2D eigenvalue weighted by atomic mass is 9.91. The van der Waals surface area contributed by atoms with E-state index in [2.05, 4.69) is 0 Å². The van der Waals surface area contributed by atoms with E-state index in [1.165, 1.54) is 0 Å². The number of Topliss-reactive ketones (excluding diaryl/α,β-unsaturated/α-hetero) is 1. The minimum atomic E-state index is -4.73. The lowest BCUT2D eigenvalue weighted by Gasteiger charge is -2.26. The summed E-state index contributed by atoms with van der Waals surface area (Å²) in [6.07, 6.45) is -5.04. The maximum Gasteiger partial charge on any atom is 0.413 e. The van der Waals surface area contributed by atoms with Crippen molar-refractivity contribution in [1.29, 1.82) is 0 Å². The van der Waals surface area contributed by atoms with E-state index in [-0.39, 0.29) is 6.42 Å². The third kappa shape index (κ3) is 3.10. The lowest BCUT2D eigenvalue weighted by Crippen LogP contribution is -2.57. The molecule has 0 heterocycles. The van der Waals surface area contributed by atoms with Gasteiger partial charge >= 0.3 is 6.18 Å². The highest BCUT2D eigenvalue weighted by molar-refractivity contribution is 5.90. The summed E-state index contributed by atoms with van der Waals surface area (Å²) in [5.41, 5.74) is 4.65. The maximum atomic E-state index is 12.6. The number of halogens is 3. The van der Waals surface area contributed by atoms with Crippen molar-refractivity contribution in [3.8, 4) is 0 Å². The highest BCUT2D eigenvalue weighted by atomic mass is 19.4. The predicted octanol–water partition coefficient (Wildman–Crippen LogP) is 2.69. The molecule has 0 amide bonds. The lowest BCUT2D eigenvalue weighted by molar-refractivity contribution is -0.185. The van der Waals surface area contributed by atoms with Gasteiger partial charge in [-0.2, -0.15) is 13.2 Å². The highest BCUT2D eigenvalue weighted by Gasteiger charge is 2.53. The van der Waals surface area contributed by atoms with Gasteiger partial charge in [-0.1, -0.05) is 29.3 Å². The number of alkyl halides is 3. The molecule has 1 atom stereocenters. The molecule has 0 radical (unpaired) electrons. The number of carbonyl (C=O) groups is 1. The van der Waals surface area contributed by atoms with Crippen LogP contribution in [0.3, 0.4) is 0 Å². The quantitative estimate of drug-likeness (QED) is 0.907. The smallest absolute Gasteiger partial charge is 0.312 e. The van der Waals surface area contributed by atoms with Gasteiger partial charge in [-0.05, 0) is 26.3 Å². The summed E-state index contributed by atoms with van der Waals surface area (Å²) in [5.74, 6) is -1.03. The number of ketones is 1. The molecule has 2 N–H and O–H groups in total. The Morgan fingerprint density at radius 3 is 2.00 bits per heavy atom. The van der Waals surface area contributed by atoms with Crippen molar-refractivity contribution in [1.82, 2.24) is 0 Å². The Kier molecular flexibility index (Phi) is 3.86. The molecule has 2 nitrogen and oxygen atoms in total.